The molecule has 3 N–H and O–H groups in total. The second-order valence-corrected chi connectivity index (χ2v) is 9.62. The van der Waals surface area contributed by atoms with Crippen LogP contribution in [0.1, 0.15) is 48.4 Å². The molecule has 9 heteroatoms. The zero-order chi connectivity index (χ0) is 18.4. The quantitative estimate of drug-likeness (QED) is 0.795. The summed E-state index contributed by atoms with van der Waals surface area (Å²) in [5, 5.41) is 3.08. The van der Waals surface area contributed by atoms with Gasteiger partial charge in [0.2, 0.25) is 10.0 Å². The first-order valence-electron chi connectivity index (χ1n) is 8.79. The number of nitrogens with two attached hydrogens (primary N) is 1. The van der Waals surface area contributed by atoms with Crippen molar-refractivity contribution >= 4 is 28.3 Å². The van der Waals surface area contributed by atoms with Crippen LogP contribution in [0.3, 0.4) is 0 Å². The van der Waals surface area contributed by atoms with Gasteiger partial charge in [-0.2, -0.15) is 0 Å². The lowest BCUT2D eigenvalue weighted by Gasteiger charge is -2.45. The Balaban J connectivity index is 0.00000243. The van der Waals surface area contributed by atoms with Gasteiger partial charge in [-0.25, -0.2) is 12.7 Å². The number of furan rings is 1. The molecule has 1 aromatic heterocycles. The van der Waals surface area contributed by atoms with Crippen LogP contribution in [0, 0.1) is 18.8 Å². The molecule has 2 atom stereocenters. The fourth-order valence-corrected chi connectivity index (χ4v) is 5.33. The summed E-state index contributed by atoms with van der Waals surface area (Å²) < 4.78 is 31.2. The second kappa shape index (κ2) is 7.88. The minimum atomic E-state index is -3.63. The monoisotopic (exact) mass is 405 g/mol. The van der Waals surface area contributed by atoms with E-state index in [2.05, 4.69) is 5.32 Å². The van der Waals surface area contributed by atoms with E-state index in [1.165, 1.54) is 26.6 Å². The van der Waals surface area contributed by atoms with Gasteiger partial charge < -0.3 is 15.5 Å². The molecule has 0 aromatic carbocycles. The van der Waals surface area contributed by atoms with E-state index in [1.54, 1.807) is 6.92 Å². The molecule has 148 valence electrons. The number of hydrogen-bond donors (Lipinski definition) is 2. The predicted octanol–water partition coefficient (Wildman–Crippen LogP) is 1.90. The number of carbonyl (C=O) groups is 1. The molecule has 0 aliphatic heterocycles. The van der Waals surface area contributed by atoms with Crippen LogP contribution in [0.4, 0.5) is 0 Å². The maximum atomic E-state index is 12.6. The second-order valence-electron chi connectivity index (χ2n) is 7.50. The molecule has 7 nitrogen and oxygen atoms in total. The average Bonchev–Trinajstić information content (AvgIpc) is 2.90. The summed E-state index contributed by atoms with van der Waals surface area (Å²) >= 11 is 0. The molecule has 2 saturated carbocycles. The van der Waals surface area contributed by atoms with Crippen molar-refractivity contribution in [2.45, 2.75) is 56.0 Å². The number of hydrogen-bond acceptors (Lipinski definition) is 5. The lowest BCUT2D eigenvalue weighted by Crippen LogP contribution is -2.53. The van der Waals surface area contributed by atoms with Crippen LogP contribution in [-0.4, -0.2) is 44.8 Å². The third kappa shape index (κ3) is 3.93. The number of fused-ring (bicyclic) bond motifs is 2. The molecule has 3 rings (SSSR count). The van der Waals surface area contributed by atoms with Crippen LogP contribution in [0.5, 0.6) is 0 Å². The van der Waals surface area contributed by atoms with Crippen LogP contribution in [0.25, 0.3) is 0 Å². The molecule has 1 amide bonds. The number of carbonyl (C=O) groups excluding carboxylic acids is 1. The van der Waals surface area contributed by atoms with E-state index in [0.29, 0.717) is 11.8 Å². The van der Waals surface area contributed by atoms with E-state index in [4.69, 9.17) is 10.2 Å². The highest BCUT2D eigenvalue weighted by Gasteiger charge is 2.40. The lowest BCUT2D eigenvalue weighted by atomic mass is 9.67. The highest BCUT2D eigenvalue weighted by Crippen LogP contribution is 2.39. The minimum absolute atomic E-state index is 0. The van der Waals surface area contributed by atoms with Crippen LogP contribution in [0.2, 0.25) is 0 Å². The summed E-state index contributed by atoms with van der Waals surface area (Å²) in [7, 11) is -0.728. The minimum Gasteiger partial charge on any atom is -0.455 e. The van der Waals surface area contributed by atoms with Gasteiger partial charge in [-0.15, -0.1) is 12.4 Å². The smallest absolute Gasteiger partial charge is 0.287 e. The average molecular weight is 406 g/mol. The van der Waals surface area contributed by atoms with Crippen molar-refractivity contribution in [2.24, 2.45) is 17.6 Å². The molecule has 2 fully saturated rings. The summed E-state index contributed by atoms with van der Waals surface area (Å²) in [5.74, 6) is 0.719. The largest absolute Gasteiger partial charge is 0.455 e. The zero-order valence-corrected chi connectivity index (χ0v) is 17.0. The Hall–Kier alpha value is -1.09. The summed E-state index contributed by atoms with van der Waals surface area (Å²) in [6, 6.07) is 1.64. The Morgan fingerprint density at radius 2 is 1.85 bits per heavy atom. The Labute approximate surface area is 161 Å². The Morgan fingerprint density at radius 1 is 1.27 bits per heavy atom. The van der Waals surface area contributed by atoms with Gasteiger partial charge in [-0.3, -0.25) is 4.79 Å². The van der Waals surface area contributed by atoms with Crippen LogP contribution in [0.15, 0.2) is 15.4 Å². The molecule has 2 bridgehead atoms. The fourth-order valence-electron chi connectivity index (χ4n) is 4.28. The van der Waals surface area contributed by atoms with Crippen molar-refractivity contribution in [1.29, 1.82) is 0 Å². The molecule has 0 spiro atoms. The molecule has 1 heterocycles. The van der Waals surface area contributed by atoms with E-state index in [1.807, 2.05) is 0 Å². The van der Waals surface area contributed by atoms with Crippen molar-refractivity contribution in [3.8, 4) is 0 Å². The van der Waals surface area contributed by atoms with E-state index in [-0.39, 0.29) is 46.8 Å². The van der Waals surface area contributed by atoms with Gasteiger partial charge in [-0.05, 0) is 44.4 Å². The van der Waals surface area contributed by atoms with Gasteiger partial charge in [-0.1, -0.05) is 6.42 Å². The number of amides is 1. The van der Waals surface area contributed by atoms with Crippen molar-refractivity contribution < 1.29 is 17.6 Å². The molecule has 2 unspecified atom stereocenters. The first-order chi connectivity index (χ1) is 11.7. The van der Waals surface area contributed by atoms with Gasteiger partial charge in [0.05, 0.1) is 0 Å². The van der Waals surface area contributed by atoms with Crippen LogP contribution < -0.4 is 11.1 Å². The van der Waals surface area contributed by atoms with Gasteiger partial charge in [0.15, 0.2) is 5.76 Å². The van der Waals surface area contributed by atoms with Crippen LogP contribution in [-0.2, 0) is 10.0 Å². The van der Waals surface area contributed by atoms with E-state index >= 15 is 0 Å². The molecule has 0 saturated heterocycles. The fraction of sp³-hybridized carbons (Fsp3) is 0.706. The number of sulfonamides is 1. The maximum absolute atomic E-state index is 12.6. The van der Waals surface area contributed by atoms with Crippen LogP contribution >= 0.6 is 12.4 Å². The Bertz CT molecular complexity index is 748. The van der Waals surface area contributed by atoms with Gasteiger partial charge in [0, 0.05) is 32.2 Å². The van der Waals surface area contributed by atoms with E-state index in [0.717, 1.165) is 30.0 Å². The molecule has 2 aliphatic carbocycles. The van der Waals surface area contributed by atoms with E-state index < -0.39 is 10.0 Å². The number of rotatable bonds is 4. The van der Waals surface area contributed by atoms with Crippen molar-refractivity contribution in [2.75, 3.05) is 14.1 Å². The zero-order valence-electron chi connectivity index (χ0n) is 15.4. The van der Waals surface area contributed by atoms with Gasteiger partial charge >= 0.3 is 0 Å². The number of halogens is 1. The molecule has 26 heavy (non-hydrogen) atoms. The summed E-state index contributed by atoms with van der Waals surface area (Å²) in [6.45, 7) is 1.56. The van der Waals surface area contributed by atoms with Crippen molar-refractivity contribution in [3.05, 3.63) is 17.6 Å². The number of aryl methyl sites for hydroxylation is 1. The summed E-state index contributed by atoms with van der Waals surface area (Å²) in [4.78, 5) is 12.7. The first-order valence-corrected chi connectivity index (χ1v) is 10.2. The number of nitrogens with zero attached hydrogens (tertiary/aromatic N) is 1. The van der Waals surface area contributed by atoms with Crippen molar-refractivity contribution in [1.82, 2.24) is 9.62 Å². The third-order valence-electron chi connectivity index (χ3n) is 5.53. The topological polar surface area (TPSA) is 106 Å². The molecular formula is C17H28ClN3O4S. The molecule has 0 radical (unpaired) electrons. The molecule has 1 aromatic rings. The first kappa shape index (κ1) is 21.2. The van der Waals surface area contributed by atoms with Gasteiger partial charge in [0.25, 0.3) is 5.91 Å². The van der Waals surface area contributed by atoms with Gasteiger partial charge in [0.1, 0.15) is 10.7 Å². The predicted molar refractivity (Wildman–Crippen MR) is 101 cm³/mol. The standard InChI is InChI=1S/C17H27N3O4S.ClH/c1-10-15(25(22,23)20(2)3)9-14(24-10)17(21)19-16-11-5-4-6-12(16)8-13(18)7-11;/h9,11-13,16H,4-8,18H2,1-3H3,(H,19,21);1H. The maximum Gasteiger partial charge on any atom is 0.287 e. The SMILES string of the molecule is Cc1oc(C(=O)NC2C3CCCC2CC(N)C3)cc1S(=O)(=O)N(C)C.Cl. The van der Waals surface area contributed by atoms with Crippen molar-refractivity contribution in [3.63, 3.8) is 0 Å². The summed E-state index contributed by atoms with van der Waals surface area (Å²) in [6.07, 6.45) is 5.19. The third-order valence-corrected chi connectivity index (χ3v) is 7.45. The Morgan fingerprint density at radius 3 is 2.38 bits per heavy atom. The molecular weight excluding hydrogens is 378 g/mol. The summed E-state index contributed by atoms with van der Waals surface area (Å²) in [5.41, 5.74) is 6.13. The molecule has 2 aliphatic rings. The normalized spacial score (nSPS) is 28.5. The number of nitrogens with one attached hydrogen (secondary N) is 1. The Kier molecular flexibility index (Phi) is 6.43. The highest BCUT2D eigenvalue weighted by molar-refractivity contribution is 7.89. The highest BCUT2D eigenvalue weighted by atomic mass is 35.5. The van der Waals surface area contributed by atoms with E-state index in [9.17, 15) is 13.2 Å². The lowest BCUT2D eigenvalue weighted by molar-refractivity contribution is 0.0731.